The van der Waals surface area contributed by atoms with Crippen molar-refractivity contribution in [3.8, 4) is 6.07 Å². The monoisotopic (exact) mass is 487 g/mol. The highest BCUT2D eigenvalue weighted by Crippen LogP contribution is 2.32. The molecule has 0 aromatic heterocycles. The Morgan fingerprint density at radius 1 is 1.09 bits per heavy atom. The van der Waals surface area contributed by atoms with E-state index in [0.717, 1.165) is 6.07 Å². The molecule has 0 bridgehead atoms. The molecule has 0 aliphatic carbocycles. The van der Waals surface area contributed by atoms with Gasteiger partial charge >= 0.3 is 6.18 Å². The molecule has 0 fully saturated rings. The first-order valence-corrected chi connectivity index (χ1v) is 11.1. The molecule has 0 radical (unpaired) electrons. The van der Waals surface area contributed by atoms with Crippen LogP contribution in [0.1, 0.15) is 21.5 Å². The molecule has 0 aliphatic rings. The minimum atomic E-state index is -4.73. The predicted molar refractivity (Wildman–Crippen MR) is 110 cm³/mol. The fourth-order valence-electron chi connectivity index (χ4n) is 2.68. The van der Waals surface area contributed by atoms with E-state index in [-0.39, 0.29) is 16.1 Å². The van der Waals surface area contributed by atoms with Crippen molar-refractivity contribution < 1.29 is 31.2 Å². The van der Waals surface area contributed by atoms with Crippen LogP contribution in [0.5, 0.6) is 0 Å². The van der Waals surface area contributed by atoms with Crippen molar-refractivity contribution in [3.05, 3.63) is 70.2 Å². The normalized spacial score (nSPS) is 12.5. The van der Waals surface area contributed by atoms with Gasteiger partial charge in [0.1, 0.15) is 6.54 Å². The van der Waals surface area contributed by atoms with Crippen LogP contribution in [-0.4, -0.2) is 38.6 Å². The number of rotatable bonds is 8. The van der Waals surface area contributed by atoms with Gasteiger partial charge in [-0.05, 0) is 35.9 Å². The fourth-order valence-corrected chi connectivity index (χ4v) is 4.56. The largest absolute Gasteiger partial charge is 0.416 e. The van der Waals surface area contributed by atoms with Crippen molar-refractivity contribution in [2.24, 2.45) is 0 Å². The van der Waals surface area contributed by atoms with E-state index in [0.29, 0.717) is 12.1 Å². The molecule has 7 nitrogen and oxygen atoms in total. The summed E-state index contributed by atoms with van der Waals surface area (Å²) in [7, 11) is -4.46. The molecule has 1 atom stereocenters. The summed E-state index contributed by atoms with van der Waals surface area (Å²) in [6, 6.07) is 11.6. The third-order valence-corrected chi connectivity index (χ3v) is 6.61. The zero-order valence-electron chi connectivity index (χ0n) is 16.3. The SMILES string of the molecule is N#CCNC(=O)C(CNC(=O)c1ccccc1)S(=O)(=O)Cc1cc(C(F)(F)F)ccc1Cl. The van der Waals surface area contributed by atoms with E-state index in [1.165, 1.54) is 12.1 Å². The number of alkyl halides is 3. The highest BCUT2D eigenvalue weighted by Gasteiger charge is 2.35. The van der Waals surface area contributed by atoms with Crippen molar-refractivity contribution >= 4 is 33.3 Å². The Labute approximate surface area is 187 Å². The number of benzene rings is 2. The lowest BCUT2D eigenvalue weighted by molar-refractivity contribution is -0.137. The van der Waals surface area contributed by atoms with Gasteiger partial charge in [-0.25, -0.2) is 8.42 Å². The average molecular weight is 488 g/mol. The van der Waals surface area contributed by atoms with Gasteiger partial charge in [-0.15, -0.1) is 0 Å². The topological polar surface area (TPSA) is 116 Å². The van der Waals surface area contributed by atoms with Crippen LogP contribution in [0, 0.1) is 11.3 Å². The summed E-state index contributed by atoms with van der Waals surface area (Å²) >= 11 is 5.88. The van der Waals surface area contributed by atoms with Gasteiger partial charge in [-0.3, -0.25) is 9.59 Å². The van der Waals surface area contributed by atoms with Gasteiger partial charge in [0.2, 0.25) is 5.91 Å². The van der Waals surface area contributed by atoms with Crippen LogP contribution in [-0.2, 0) is 26.6 Å². The van der Waals surface area contributed by atoms with Gasteiger partial charge in [-0.1, -0.05) is 29.8 Å². The summed E-state index contributed by atoms with van der Waals surface area (Å²) in [4.78, 5) is 24.6. The zero-order valence-corrected chi connectivity index (χ0v) is 17.9. The molecule has 0 heterocycles. The number of halogens is 4. The van der Waals surface area contributed by atoms with Crippen molar-refractivity contribution in [1.29, 1.82) is 5.26 Å². The lowest BCUT2D eigenvalue weighted by Gasteiger charge is -2.18. The van der Waals surface area contributed by atoms with E-state index >= 15 is 0 Å². The van der Waals surface area contributed by atoms with Crippen LogP contribution >= 0.6 is 11.6 Å². The molecular formula is C20H17ClF3N3O4S. The molecule has 2 rings (SSSR count). The van der Waals surface area contributed by atoms with E-state index in [1.807, 2.05) is 0 Å². The summed E-state index contributed by atoms with van der Waals surface area (Å²) in [5.41, 5.74) is -1.24. The second-order valence-corrected chi connectivity index (χ2v) is 9.14. The van der Waals surface area contributed by atoms with Crippen molar-refractivity contribution in [2.75, 3.05) is 13.1 Å². The van der Waals surface area contributed by atoms with Gasteiger partial charge in [0.15, 0.2) is 15.1 Å². The summed E-state index contributed by atoms with van der Waals surface area (Å²) in [6.45, 7) is -1.16. The molecule has 1 unspecified atom stereocenters. The van der Waals surface area contributed by atoms with Gasteiger partial charge in [0.05, 0.1) is 17.4 Å². The Morgan fingerprint density at radius 2 is 1.75 bits per heavy atom. The minimum Gasteiger partial charge on any atom is -0.350 e. The molecule has 2 aromatic carbocycles. The maximum absolute atomic E-state index is 13.0. The third kappa shape index (κ3) is 6.70. The lowest BCUT2D eigenvalue weighted by Crippen LogP contribution is -2.47. The number of carbonyl (C=O) groups is 2. The number of hydrogen-bond donors (Lipinski definition) is 2. The van der Waals surface area contributed by atoms with E-state index in [9.17, 15) is 31.2 Å². The summed E-state index contributed by atoms with van der Waals surface area (Å²) < 4.78 is 64.8. The standard InChI is InChI=1S/C20H17ClF3N3O4S/c21-16-7-6-15(20(22,23)24)10-14(16)12-32(30,31)17(19(29)26-9-8-25)11-27-18(28)13-4-2-1-3-5-13/h1-7,10,17H,9,11-12H2,(H,26,29)(H,27,28). The van der Waals surface area contributed by atoms with Crippen LogP contribution in [0.15, 0.2) is 48.5 Å². The first kappa shape index (κ1) is 25.2. The average Bonchev–Trinajstić information content (AvgIpc) is 2.73. The van der Waals surface area contributed by atoms with Crippen LogP contribution in [0.25, 0.3) is 0 Å². The smallest absolute Gasteiger partial charge is 0.350 e. The Bertz CT molecular complexity index is 1130. The third-order valence-electron chi connectivity index (χ3n) is 4.28. The van der Waals surface area contributed by atoms with Crippen molar-refractivity contribution in [3.63, 3.8) is 0 Å². The molecule has 32 heavy (non-hydrogen) atoms. The molecule has 0 aliphatic heterocycles. The van der Waals surface area contributed by atoms with E-state index in [1.54, 1.807) is 24.3 Å². The van der Waals surface area contributed by atoms with Crippen LogP contribution in [0.4, 0.5) is 13.2 Å². The van der Waals surface area contributed by atoms with E-state index in [2.05, 4.69) is 10.6 Å². The summed E-state index contributed by atoms with van der Waals surface area (Å²) in [5, 5.41) is 11.0. The van der Waals surface area contributed by atoms with Crippen molar-refractivity contribution in [1.82, 2.24) is 10.6 Å². The molecule has 170 valence electrons. The molecule has 0 saturated heterocycles. The number of carbonyl (C=O) groups excluding carboxylic acids is 2. The first-order valence-electron chi connectivity index (χ1n) is 9.01. The lowest BCUT2D eigenvalue weighted by atomic mass is 10.1. The number of nitriles is 1. The predicted octanol–water partition coefficient (Wildman–Crippen LogP) is 2.71. The molecule has 2 amide bonds. The second-order valence-electron chi connectivity index (χ2n) is 6.55. The zero-order chi connectivity index (χ0) is 23.9. The van der Waals surface area contributed by atoms with E-state index in [4.69, 9.17) is 16.9 Å². The number of nitrogens with zero attached hydrogens (tertiary/aromatic N) is 1. The maximum Gasteiger partial charge on any atom is 0.416 e. The van der Waals surface area contributed by atoms with Gasteiger partial charge in [0.25, 0.3) is 5.91 Å². The van der Waals surface area contributed by atoms with E-state index < -0.39 is 57.5 Å². The number of sulfone groups is 1. The molecule has 0 spiro atoms. The number of nitrogens with one attached hydrogen (secondary N) is 2. The van der Waals surface area contributed by atoms with Gasteiger partial charge in [0, 0.05) is 17.1 Å². The maximum atomic E-state index is 13.0. The van der Waals surface area contributed by atoms with Crippen LogP contribution in [0.2, 0.25) is 5.02 Å². The number of hydrogen-bond acceptors (Lipinski definition) is 5. The molecule has 2 N–H and O–H groups in total. The molecule has 12 heteroatoms. The number of amides is 2. The highest BCUT2D eigenvalue weighted by molar-refractivity contribution is 7.92. The molecule has 2 aromatic rings. The Balaban J connectivity index is 2.30. The first-order chi connectivity index (χ1) is 15.0. The summed E-state index contributed by atoms with van der Waals surface area (Å²) in [5.74, 6) is -2.72. The Hall–Kier alpha value is -3.10. The molecule has 0 saturated carbocycles. The Kier molecular flexibility index (Phi) is 8.24. The Morgan fingerprint density at radius 3 is 2.34 bits per heavy atom. The highest BCUT2D eigenvalue weighted by atomic mass is 35.5. The quantitative estimate of drug-likeness (QED) is 0.555. The van der Waals surface area contributed by atoms with Gasteiger partial charge in [-0.2, -0.15) is 18.4 Å². The summed E-state index contributed by atoms with van der Waals surface area (Å²) in [6.07, 6.45) is -4.73. The second kappa shape index (κ2) is 10.5. The molecular weight excluding hydrogens is 471 g/mol. The fraction of sp³-hybridized carbons (Fsp3) is 0.250. The minimum absolute atomic E-state index is 0.210. The van der Waals surface area contributed by atoms with Crippen molar-refractivity contribution in [2.45, 2.75) is 17.2 Å². The van der Waals surface area contributed by atoms with Crippen LogP contribution < -0.4 is 10.6 Å². The van der Waals surface area contributed by atoms with Crippen LogP contribution in [0.3, 0.4) is 0 Å². The van der Waals surface area contributed by atoms with Gasteiger partial charge < -0.3 is 10.6 Å².